The lowest BCUT2D eigenvalue weighted by Crippen LogP contribution is -2.44. The van der Waals surface area contributed by atoms with Crippen molar-refractivity contribution < 1.29 is 19.1 Å². The Morgan fingerprint density at radius 3 is 3.00 bits per heavy atom. The number of fused-ring (bicyclic) bond motifs is 1. The summed E-state index contributed by atoms with van der Waals surface area (Å²) in [6, 6.07) is -0.0158. The molecule has 1 saturated heterocycles. The normalized spacial score (nSPS) is 17.8. The molecule has 1 amide bonds. The lowest BCUT2D eigenvalue weighted by molar-refractivity contribution is 0.0574. The minimum absolute atomic E-state index is 0.0158. The van der Waals surface area contributed by atoms with Gasteiger partial charge in [0.1, 0.15) is 17.5 Å². The first kappa shape index (κ1) is 18.6. The number of hydrogen-bond donors (Lipinski definition) is 1. The smallest absolute Gasteiger partial charge is 0.265 e. The topological polar surface area (TPSA) is 97.8 Å². The molecule has 142 valence electrons. The predicted molar refractivity (Wildman–Crippen MR) is 95.3 cm³/mol. The third-order valence-corrected chi connectivity index (χ3v) is 4.96. The van der Waals surface area contributed by atoms with E-state index in [-0.39, 0.29) is 40.8 Å². The van der Waals surface area contributed by atoms with Crippen molar-refractivity contribution in [3.63, 3.8) is 0 Å². The van der Waals surface area contributed by atoms with E-state index in [0.29, 0.717) is 31.9 Å². The summed E-state index contributed by atoms with van der Waals surface area (Å²) >= 11 is 0. The largest absolute Gasteiger partial charge is 0.442 e. The van der Waals surface area contributed by atoms with Crippen LogP contribution in [0.1, 0.15) is 41.8 Å². The number of aromatic nitrogens is 2. The third kappa shape index (κ3) is 3.39. The zero-order valence-electron chi connectivity index (χ0n) is 15.2. The minimum Gasteiger partial charge on any atom is -0.442 e. The Morgan fingerprint density at radius 2 is 2.27 bits per heavy atom. The molecule has 0 saturated carbocycles. The van der Waals surface area contributed by atoms with Gasteiger partial charge in [-0.25, -0.2) is 4.98 Å². The van der Waals surface area contributed by atoms with E-state index >= 15 is 0 Å². The zero-order chi connectivity index (χ0) is 18.7. The number of piperidine rings is 1. The summed E-state index contributed by atoms with van der Waals surface area (Å²) in [5.41, 5.74) is 0.164. The molecule has 1 N–H and O–H groups in total. The van der Waals surface area contributed by atoms with Gasteiger partial charge >= 0.3 is 0 Å². The van der Waals surface area contributed by atoms with E-state index in [1.165, 1.54) is 10.9 Å². The van der Waals surface area contributed by atoms with Gasteiger partial charge < -0.3 is 19.2 Å². The molecule has 2 aromatic heterocycles. The van der Waals surface area contributed by atoms with E-state index in [1.54, 1.807) is 18.9 Å². The highest BCUT2D eigenvalue weighted by Gasteiger charge is 2.32. The summed E-state index contributed by atoms with van der Waals surface area (Å²) < 4.78 is 12.0. The highest BCUT2D eigenvalue weighted by atomic mass is 16.5. The van der Waals surface area contributed by atoms with E-state index in [2.05, 4.69) is 4.98 Å². The standard InChI is InChI=1S/C18H25N3O5/c1-12-14(18(24)21-7-4-3-5-13(21)6-9-22)15-16(26-12)19-11-20(17(15)23)8-10-25-2/h11,13,22H,3-10H2,1-2H3. The van der Waals surface area contributed by atoms with Gasteiger partial charge in [0, 0.05) is 26.3 Å². The molecular weight excluding hydrogens is 338 g/mol. The average Bonchev–Trinajstić information content (AvgIpc) is 2.98. The summed E-state index contributed by atoms with van der Waals surface area (Å²) in [6.07, 6.45) is 4.76. The van der Waals surface area contributed by atoms with Gasteiger partial charge in [-0.1, -0.05) is 0 Å². The Morgan fingerprint density at radius 1 is 1.46 bits per heavy atom. The lowest BCUT2D eigenvalue weighted by Gasteiger charge is -2.35. The van der Waals surface area contributed by atoms with Crippen molar-refractivity contribution >= 4 is 17.0 Å². The first-order valence-electron chi connectivity index (χ1n) is 8.97. The van der Waals surface area contributed by atoms with Crippen LogP contribution < -0.4 is 5.56 Å². The Balaban J connectivity index is 2.04. The molecule has 1 fully saturated rings. The summed E-state index contributed by atoms with van der Waals surface area (Å²) in [7, 11) is 1.56. The highest BCUT2D eigenvalue weighted by Crippen LogP contribution is 2.27. The van der Waals surface area contributed by atoms with Crippen molar-refractivity contribution in [2.45, 2.75) is 45.2 Å². The van der Waals surface area contributed by atoms with Gasteiger partial charge in [0.2, 0.25) is 5.71 Å². The SMILES string of the molecule is COCCn1cnc2oc(C)c(C(=O)N3CCCCC3CCO)c2c1=O. The Labute approximate surface area is 151 Å². The van der Waals surface area contributed by atoms with Crippen LogP contribution in [0.5, 0.6) is 0 Å². The number of aliphatic hydroxyl groups is 1. The van der Waals surface area contributed by atoms with Gasteiger partial charge in [-0.2, -0.15) is 0 Å². The molecule has 0 bridgehead atoms. The summed E-state index contributed by atoms with van der Waals surface area (Å²) in [5, 5.41) is 9.53. The fourth-order valence-corrected chi connectivity index (χ4v) is 3.60. The number of rotatable bonds is 6. The van der Waals surface area contributed by atoms with Crippen LogP contribution >= 0.6 is 0 Å². The number of ether oxygens (including phenoxy) is 1. The molecule has 0 aliphatic carbocycles. The number of furan rings is 1. The molecular formula is C18H25N3O5. The second kappa shape index (κ2) is 8.01. The first-order valence-corrected chi connectivity index (χ1v) is 8.97. The van der Waals surface area contributed by atoms with Gasteiger partial charge in [0.05, 0.1) is 18.7 Å². The molecule has 0 radical (unpaired) electrons. The molecule has 26 heavy (non-hydrogen) atoms. The van der Waals surface area contributed by atoms with Crippen molar-refractivity contribution in [3.05, 3.63) is 28.0 Å². The minimum atomic E-state index is -0.303. The molecule has 2 aromatic rings. The fraction of sp³-hybridized carbons (Fsp3) is 0.611. The number of aliphatic hydroxyl groups excluding tert-OH is 1. The number of nitrogens with zero attached hydrogens (tertiary/aromatic N) is 3. The van der Waals surface area contributed by atoms with Crippen LogP contribution in [0.2, 0.25) is 0 Å². The molecule has 3 rings (SSSR count). The first-order chi connectivity index (χ1) is 12.6. The second-order valence-corrected chi connectivity index (χ2v) is 6.61. The van der Waals surface area contributed by atoms with Crippen molar-refractivity contribution in [3.8, 4) is 0 Å². The van der Waals surface area contributed by atoms with Gasteiger partial charge in [0.25, 0.3) is 11.5 Å². The zero-order valence-corrected chi connectivity index (χ0v) is 15.2. The summed E-state index contributed by atoms with van der Waals surface area (Å²) in [4.78, 5) is 32.1. The lowest BCUT2D eigenvalue weighted by atomic mass is 9.98. The molecule has 1 aliphatic rings. The van der Waals surface area contributed by atoms with E-state index in [1.807, 2.05) is 0 Å². The van der Waals surface area contributed by atoms with Crippen LogP contribution in [0, 0.1) is 6.92 Å². The molecule has 0 aromatic carbocycles. The van der Waals surface area contributed by atoms with Gasteiger partial charge in [-0.3, -0.25) is 14.2 Å². The molecule has 1 aliphatic heterocycles. The van der Waals surface area contributed by atoms with Crippen LogP contribution in [-0.4, -0.2) is 58.4 Å². The van der Waals surface area contributed by atoms with Crippen LogP contribution in [0.15, 0.2) is 15.5 Å². The Hall–Kier alpha value is -2.19. The van der Waals surface area contributed by atoms with Crippen LogP contribution in [-0.2, 0) is 11.3 Å². The maximum atomic E-state index is 13.2. The Kier molecular flexibility index (Phi) is 5.73. The van der Waals surface area contributed by atoms with E-state index < -0.39 is 0 Å². The van der Waals surface area contributed by atoms with Gasteiger partial charge in [-0.05, 0) is 32.6 Å². The van der Waals surface area contributed by atoms with Crippen LogP contribution in [0.25, 0.3) is 11.1 Å². The maximum absolute atomic E-state index is 13.2. The Bertz CT molecular complexity index is 839. The highest BCUT2D eigenvalue weighted by molar-refractivity contribution is 6.06. The predicted octanol–water partition coefficient (Wildman–Crippen LogP) is 1.32. The quantitative estimate of drug-likeness (QED) is 0.831. The van der Waals surface area contributed by atoms with Crippen LogP contribution in [0.3, 0.4) is 0 Å². The van der Waals surface area contributed by atoms with Crippen molar-refractivity contribution in [2.75, 3.05) is 26.9 Å². The van der Waals surface area contributed by atoms with Crippen molar-refractivity contribution in [2.24, 2.45) is 0 Å². The van der Waals surface area contributed by atoms with Crippen molar-refractivity contribution in [1.82, 2.24) is 14.5 Å². The third-order valence-electron chi connectivity index (χ3n) is 4.96. The molecule has 8 nitrogen and oxygen atoms in total. The van der Waals surface area contributed by atoms with E-state index in [0.717, 1.165) is 19.3 Å². The van der Waals surface area contributed by atoms with E-state index in [4.69, 9.17) is 9.15 Å². The van der Waals surface area contributed by atoms with Gasteiger partial charge in [-0.15, -0.1) is 0 Å². The monoisotopic (exact) mass is 363 g/mol. The fourth-order valence-electron chi connectivity index (χ4n) is 3.60. The number of likely N-dealkylation sites (tertiary alicyclic amines) is 1. The summed E-state index contributed by atoms with van der Waals surface area (Å²) in [6.45, 7) is 3.06. The molecule has 8 heteroatoms. The molecule has 1 unspecified atom stereocenters. The van der Waals surface area contributed by atoms with Crippen molar-refractivity contribution in [1.29, 1.82) is 0 Å². The molecule has 0 spiro atoms. The summed E-state index contributed by atoms with van der Waals surface area (Å²) in [5.74, 6) is 0.176. The average molecular weight is 363 g/mol. The number of amides is 1. The maximum Gasteiger partial charge on any atom is 0.265 e. The van der Waals surface area contributed by atoms with Gasteiger partial charge in [0.15, 0.2) is 0 Å². The number of carbonyl (C=O) groups is 1. The molecule has 1 atom stereocenters. The number of methoxy groups -OCH3 is 1. The number of aryl methyl sites for hydroxylation is 1. The number of carbonyl (C=O) groups excluding carboxylic acids is 1. The molecule has 3 heterocycles. The van der Waals surface area contributed by atoms with E-state index in [9.17, 15) is 14.7 Å². The second-order valence-electron chi connectivity index (χ2n) is 6.61. The number of hydrogen-bond acceptors (Lipinski definition) is 6. The van der Waals surface area contributed by atoms with Crippen LogP contribution in [0.4, 0.5) is 0 Å².